The summed E-state index contributed by atoms with van der Waals surface area (Å²) in [6.07, 6.45) is 2.72. The summed E-state index contributed by atoms with van der Waals surface area (Å²) in [5, 5.41) is 11.5. The predicted octanol–water partition coefficient (Wildman–Crippen LogP) is 2.82. The lowest BCUT2D eigenvalue weighted by Gasteiger charge is -2.29. The highest BCUT2D eigenvalue weighted by molar-refractivity contribution is 5.95. The molecule has 1 saturated carbocycles. The molecule has 0 unspecified atom stereocenters. The fraction of sp³-hybridized carbons (Fsp3) is 0.452. The van der Waals surface area contributed by atoms with Crippen molar-refractivity contribution in [3.8, 4) is 11.5 Å². The van der Waals surface area contributed by atoms with Gasteiger partial charge in [-0.05, 0) is 79.0 Å². The molecule has 55 heavy (non-hydrogen) atoms. The molecule has 0 aromatic heterocycles. The molecule has 5 atom stereocenters. The molecule has 13 heteroatoms. The third kappa shape index (κ3) is 12.3. The van der Waals surface area contributed by atoms with Crippen molar-refractivity contribution < 1.29 is 33.4 Å². The number of nitrogens with two attached hydrogens (primary N) is 1. The summed E-state index contributed by atoms with van der Waals surface area (Å²) < 4.78 is 11.4. The molecule has 13 nitrogen and oxygen atoms in total. The maximum atomic E-state index is 14.2. The number of ether oxygens (including phenoxy) is 2. The van der Waals surface area contributed by atoms with Crippen LogP contribution in [0.1, 0.15) is 62.8 Å². The summed E-state index contributed by atoms with van der Waals surface area (Å²) in [4.78, 5) is 70.6. The van der Waals surface area contributed by atoms with E-state index in [4.69, 9.17) is 15.2 Å². The van der Waals surface area contributed by atoms with Gasteiger partial charge in [-0.25, -0.2) is 0 Å². The number of fused-ring (bicyclic) bond motifs is 17. The Hall–Kier alpha value is -5.43. The Morgan fingerprint density at radius 3 is 2.25 bits per heavy atom. The number of hydrogen-bond donors (Lipinski definition) is 5. The van der Waals surface area contributed by atoms with Gasteiger partial charge in [0.25, 0.3) is 0 Å². The topological polar surface area (TPSA) is 181 Å². The Balaban J connectivity index is 1.47. The number of rotatable bonds is 10. The quantitative estimate of drug-likeness (QED) is 0.196. The van der Waals surface area contributed by atoms with E-state index in [1.54, 1.807) is 86.8 Å². The van der Waals surface area contributed by atoms with Crippen LogP contribution in [-0.2, 0) is 36.8 Å². The Bertz CT molecular complexity index is 1770. The minimum absolute atomic E-state index is 0.0736. The largest absolute Gasteiger partial charge is 0.497 e. The van der Waals surface area contributed by atoms with E-state index in [1.165, 1.54) is 4.90 Å². The van der Waals surface area contributed by atoms with Crippen LogP contribution in [0.4, 0.5) is 0 Å². The van der Waals surface area contributed by atoms with Crippen molar-refractivity contribution >= 4 is 29.5 Å². The minimum Gasteiger partial charge on any atom is -0.497 e. The average molecular weight is 755 g/mol. The Kier molecular flexibility index (Phi) is 14.3. The number of amides is 5. The fourth-order valence-electron chi connectivity index (χ4n) is 6.59. The highest BCUT2D eigenvalue weighted by atomic mass is 16.5. The third-order valence-electron chi connectivity index (χ3n) is 9.79. The highest BCUT2D eigenvalue weighted by Crippen LogP contribution is 2.30. The second kappa shape index (κ2) is 19.2. The van der Waals surface area contributed by atoms with Gasteiger partial charge in [0.1, 0.15) is 42.3 Å². The number of benzene rings is 3. The number of carbonyl (C=O) groups excluding carboxylic acids is 5. The standard InChI is InChI=1S/C42H54N6O7/c1-26(2)20-32-25-55-34-18-14-29(15-19-34)22-36(47-41(52)38(43)31-8-6-5-7-9-31)40(51)46-35(21-28-12-16-33(54-4)17-13-28)39(50)44-27(3)42(53)48(23-30-10-11-30)24-37(49)45-32/h5-9,12-19,26-27,30,32,35-36,38H,10-11,20-25,43H2,1-4H3,(H,44,50)(H,45,49)(H,46,51)(H,47,52)/t27-,32+,35+,36+,38+/m1/s1. The first-order chi connectivity index (χ1) is 26.4. The molecule has 2 bridgehead atoms. The van der Waals surface area contributed by atoms with Gasteiger partial charge in [-0.1, -0.05) is 68.4 Å². The van der Waals surface area contributed by atoms with Gasteiger partial charge >= 0.3 is 0 Å². The van der Waals surface area contributed by atoms with E-state index < -0.39 is 47.8 Å². The fourth-order valence-corrected chi connectivity index (χ4v) is 6.59. The molecule has 2 heterocycles. The molecule has 3 aliphatic rings. The predicted molar refractivity (Wildman–Crippen MR) is 208 cm³/mol. The van der Waals surface area contributed by atoms with Crippen LogP contribution in [0.2, 0.25) is 0 Å². The average Bonchev–Trinajstić information content (AvgIpc) is 4.00. The zero-order chi connectivity index (χ0) is 39.5. The van der Waals surface area contributed by atoms with Crippen LogP contribution < -0.4 is 36.5 Å². The van der Waals surface area contributed by atoms with E-state index in [0.29, 0.717) is 35.6 Å². The van der Waals surface area contributed by atoms with Crippen molar-refractivity contribution in [3.05, 3.63) is 95.6 Å². The monoisotopic (exact) mass is 754 g/mol. The first-order valence-corrected chi connectivity index (χ1v) is 19.0. The van der Waals surface area contributed by atoms with Gasteiger partial charge in [-0.3, -0.25) is 24.0 Å². The molecule has 3 aromatic carbocycles. The summed E-state index contributed by atoms with van der Waals surface area (Å²) in [6, 6.07) is 18.4. The smallest absolute Gasteiger partial charge is 0.245 e. The van der Waals surface area contributed by atoms with Gasteiger partial charge in [0.15, 0.2) is 0 Å². The molecular weight excluding hydrogens is 700 g/mol. The van der Waals surface area contributed by atoms with Gasteiger partial charge in [-0.2, -0.15) is 0 Å². The Morgan fingerprint density at radius 1 is 0.927 bits per heavy atom. The minimum atomic E-state index is -1.14. The van der Waals surface area contributed by atoms with Crippen molar-refractivity contribution in [3.63, 3.8) is 0 Å². The number of hydrogen-bond acceptors (Lipinski definition) is 8. The highest BCUT2D eigenvalue weighted by Gasteiger charge is 2.34. The first kappa shape index (κ1) is 40.7. The van der Waals surface area contributed by atoms with E-state index in [9.17, 15) is 24.0 Å². The van der Waals surface area contributed by atoms with Crippen LogP contribution in [0.3, 0.4) is 0 Å². The van der Waals surface area contributed by atoms with Crippen LogP contribution in [-0.4, -0.2) is 85.4 Å². The molecule has 5 amide bonds. The molecule has 294 valence electrons. The van der Waals surface area contributed by atoms with Crippen LogP contribution >= 0.6 is 0 Å². The molecule has 1 fully saturated rings. The summed E-state index contributed by atoms with van der Waals surface area (Å²) in [6.45, 7) is 6.12. The zero-order valence-corrected chi connectivity index (χ0v) is 32.1. The van der Waals surface area contributed by atoms with Gasteiger partial charge in [0.05, 0.1) is 19.7 Å². The van der Waals surface area contributed by atoms with E-state index in [0.717, 1.165) is 18.4 Å². The normalized spacial score (nSPS) is 22.2. The van der Waals surface area contributed by atoms with Crippen LogP contribution in [0, 0.1) is 11.8 Å². The summed E-state index contributed by atoms with van der Waals surface area (Å²) in [5.74, 6) is -0.756. The lowest BCUT2D eigenvalue weighted by atomic mass is 10.0. The molecule has 1 aliphatic carbocycles. The van der Waals surface area contributed by atoms with Gasteiger partial charge in [0.2, 0.25) is 29.5 Å². The lowest BCUT2D eigenvalue weighted by Crippen LogP contribution is -2.58. The maximum Gasteiger partial charge on any atom is 0.245 e. The number of nitrogens with one attached hydrogen (secondary N) is 4. The Morgan fingerprint density at radius 2 is 1.62 bits per heavy atom. The zero-order valence-electron chi connectivity index (χ0n) is 32.1. The molecule has 0 saturated heterocycles. The van der Waals surface area contributed by atoms with Crippen molar-refractivity contribution in [2.24, 2.45) is 17.6 Å². The van der Waals surface area contributed by atoms with E-state index in [-0.39, 0.29) is 49.8 Å². The SMILES string of the molecule is COc1ccc(C[C@@H]2NC(=O)[C@@H](NC(=O)[C@@H](N)c3ccccc3)Cc3ccc(cc3)OC[C@H](CC(C)C)NC(=O)CN(CC3CC3)C(=O)[C@@H](C)NC2=O)cc1. The molecule has 0 radical (unpaired) electrons. The number of nitrogens with zero attached hydrogens (tertiary/aromatic N) is 1. The van der Waals surface area contributed by atoms with Gasteiger partial charge < -0.3 is 41.4 Å². The maximum absolute atomic E-state index is 14.2. The Labute approximate surface area is 323 Å². The van der Waals surface area contributed by atoms with Crippen molar-refractivity contribution in [2.45, 2.75) is 83.1 Å². The van der Waals surface area contributed by atoms with Gasteiger partial charge in [0, 0.05) is 19.4 Å². The molecule has 0 spiro atoms. The second-order valence-corrected chi connectivity index (χ2v) is 15.0. The second-order valence-electron chi connectivity index (χ2n) is 15.0. The summed E-state index contributed by atoms with van der Waals surface area (Å²) >= 11 is 0. The van der Waals surface area contributed by atoms with Crippen molar-refractivity contribution in [1.82, 2.24) is 26.2 Å². The first-order valence-electron chi connectivity index (χ1n) is 19.0. The van der Waals surface area contributed by atoms with E-state index >= 15 is 0 Å². The molecule has 3 aromatic rings. The number of carbonyl (C=O) groups is 5. The van der Waals surface area contributed by atoms with Crippen molar-refractivity contribution in [1.29, 1.82) is 0 Å². The molecule has 2 aliphatic heterocycles. The molecule has 6 N–H and O–H groups in total. The third-order valence-corrected chi connectivity index (χ3v) is 9.79. The summed E-state index contributed by atoms with van der Waals surface area (Å²) in [5.41, 5.74) is 8.35. The summed E-state index contributed by atoms with van der Waals surface area (Å²) in [7, 11) is 1.55. The van der Waals surface area contributed by atoms with E-state index in [2.05, 4.69) is 35.1 Å². The lowest BCUT2D eigenvalue weighted by molar-refractivity contribution is -0.140. The van der Waals surface area contributed by atoms with Crippen LogP contribution in [0.5, 0.6) is 11.5 Å². The number of methoxy groups -OCH3 is 1. The van der Waals surface area contributed by atoms with Crippen molar-refractivity contribution in [2.75, 3.05) is 26.8 Å². The molecular formula is C42H54N6O7. The molecule has 6 rings (SSSR count). The van der Waals surface area contributed by atoms with Crippen LogP contribution in [0.25, 0.3) is 0 Å². The van der Waals surface area contributed by atoms with Crippen LogP contribution in [0.15, 0.2) is 78.9 Å². The van der Waals surface area contributed by atoms with Gasteiger partial charge in [-0.15, -0.1) is 0 Å². The van der Waals surface area contributed by atoms with E-state index in [1.807, 2.05) is 6.07 Å².